The highest BCUT2D eigenvalue weighted by atomic mass is 35.5. The number of ether oxygens (including phenoxy) is 2. The second kappa shape index (κ2) is 9.25. The Morgan fingerprint density at radius 3 is 2.38 bits per heavy atom. The van der Waals surface area contributed by atoms with Gasteiger partial charge in [0.1, 0.15) is 5.75 Å². The lowest BCUT2D eigenvalue weighted by atomic mass is 10.1. The van der Waals surface area contributed by atoms with E-state index >= 15 is 0 Å². The Hall–Kier alpha value is -2.53. The Labute approximate surface area is 158 Å². The molecule has 1 N–H and O–H groups in total. The lowest BCUT2D eigenvalue weighted by Gasteiger charge is -2.18. The maximum atomic E-state index is 12.5. The number of benzene rings is 2. The second-order valence-corrected chi connectivity index (χ2v) is 6.14. The summed E-state index contributed by atoms with van der Waals surface area (Å²) in [5, 5.41) is 3.45. The minimum absolute atomic E-state index is 0.255. The molecule has 0 saturated heterocycles. The van der Waals surface area contributed by atoms with Crippen LogP contribution in [0.15, 0.2) is 42.5 Å². The summed E-state index contributed by atoms with van der Waals surface area (Å²) in [6.07, 6.45) is -0.130. The van der Waals surface area contributed by atoms with Crippen LogP contribution in [0.2, 0.25) is 5.02 Å². The van der Waals surface area contributed by atoms with Crippen molar-refractivity contribution in [2.45, 2.75) is 33.3 Å². The molecule has 2 aromatic carbocycles. The number of aryl methyl sites for hydroxylation is 1. The summed E-state index contributed by atoms with van der Waals surface area (Å²) in [5.41, 5.74) is 1.85. The average molecular weight is 376 g/mol. The van der Waals surface area contributed by atoms with E-state index in [0.717, 1.165) is 5.56 Å². The predicted molar refractivity (Wildman–Crippen MR) is 102 cm³/mol. The zero-order valence-electron chi connectivity index (χ0n) is 15.0. The van der Waals surface area contributed by atoms with Crippen molar-refractivity contribution in [2.75, 3.05) is 11.9 Å². The highest BCUT2D eigenvalue weighted by molar-refractivity contribution is 6.30. The lowest BCUT2D eigenvalue weighted by molar-refractivity contribution is -0.122. The molecule has 0 aliphatic carbocycles. The molecule has 2 aromatic rings. The van der Waals surface area contributed by atoms with Crippen LogP contribution < -0.4 is 10.1 Å². The maximum Gasteiger partial charge on any atom is 0.338 e. The van der Waals surface area contributed by atoms with Gasteiger partial charge in [-0.05, 0) is 68.3 Å². The van der Waals surface area contributed by atoms with Crippen LogP contribution in [0.5, 0.6) is 5.75 Å². The van der Waals surface area contributed by atoms with Crippen molar-refractivity contribution in [3.63, 3.8) is 0 Å². The molecular formula is C20H22ClNO4. The van der Waals surface area contributed by atoms with Crippen LogP contribution in [-0.4, -0.2) is 24.6 Å². The van der Waals surface area contributed by atoms with E-state index < -0.39 is 6.10 Å². The molecule has 2 rings (SSSR count). The molecule has 26 heavy (non-hydrogen) atoms. The summed E-state index contributed by atoms with van der Waals surface area (Å²) >= 11 is 5.86. The molecule has 0 aliphatic heterocycles. The van der Waals surface area contributed by atoms with Gasteiger partial charge in [-0.25, -0.2) is 4.79 Å². The number of anilines is 1. The maximum absolute atomic E-state index is 12.5. The van der Waals surface area contributed by atoms with Gasteiger partial charge in [-0.15, -0.1) is 0 Å². The molecule has 0 aromatic heterocycles. The number of hydrogen-bond donors (Lipinski definition) is 1. The lowest BCUT2D eigenvalue weighted by Crippen LogP contribution is -2.32. The molecule has 1 atom stereocenters. The average Bonchev–Trinajstić information content (AvgIpc) is 2.63. The summed E-state index contributed by atoms with van der Waals surface area (Å²) in [4.78, 5) is 24.3. The van der Waals surface area contributed by atoms with Crippen LogP contribution in [0.1, 0.15) is 36.2 Å². The van der Waals surface area contributed by atoms with Crippen molar-refractivity contribution < 1.29 is 19.1 Å². The van der Waals surface area contributed by atoms with E-state index in [-0.39, 0.29) is 11.9 Å². The molecule has 0 aliphatic rings. The van der Waals surface area contributed by atoms with E-state index in [4.69, 9.17) is 21.1 Å². The molecule has 5 nitrogen and oxygen atoms in total. The van der Waals surface area contributed by atoms with Crippen LogP contribution in [0.3, 0.4) is 0 Å². The number of halogens is 1. The SMILES string of the molecule is CCOC(=O)c1ccc(NC(=O)[C@H](CC)Oc2ccc(Cl)cc2)c(C)c1. The number of hydrogen-bond acceptors (Lipinski definition) is 4. The third-order valence-electron chi connectivity index (χ3n) is 3.75. The topological polar surface area (TPSA) is 64.6 Å². The van der Waals surface area contributed by atoms with Gasteiger partial charge in [0, 0.05) is 10.7 Å². The molecule has 0 heterocycles. The Morgan fingerprint density at radius 2 is 1.81 bits per heavy atom. The normalized spacial score (nSPS) is 11.5. The van der Waals surface area contributed by atoms with Gasteiger partial charge >= 0.3 is 5.97 Å². The summed E-state index contributed by atoms with van der Waals surface area (Å²) in [5.74, 6) is -0.0637. The molecule has 0 saturated carbocycles. The van der Waals surface area contributed by atoms with Crippen molar-refractivity contribution in [2.24, 2.45) is 0 Å². The van der Waals surface area contributed by atoms with E-state index in [2.05, 4.69) is 5.32 Å². The minimum atomic E-state index is -0.639. The van der Waals surface area contributed by atoms with Gasteiger partial charge in [-0.2, -0.15) is 0 Å². The van der Waals surface area contributed by atoms with Crippen LogP contribution in [0.4, 0.5) is 5.69 Å². The van der Waals surface area contributed by atoms with Gasteiger partial charge in [0.25, 0.3) is 5.91 Å². The summed E-state index contributed by atoms with van der Waals surface area (Å²) in [6, 6.07) is 11.9. The number of amides is 1. The monoisotopic (exact) mass is 375 g/mol. The van der Waals surface area contributed by atoms with Crippen LogP contribution in [-0.2, 0) is 9.53 Å². The van der Waals surface area contributed by atoms with Gasteiger partial charge in [-0.3, -0.25) is 4.79 Å². The number of nitrogens with one attached hydrogen (secondary N) is 1. The zero-order valence-corrected chi connectivity index (χ0v) is 15.8. The molecule has 6 heteroatoms. The number of carbonyl (C=O) groups is 2. The molecule has 0 radical (unpaired) electrons. The predicted octanol–water partition coefficient (Wildman–Crippen LogP) is 4.62. The fourth-order valence-corrected chi connectivity index (χ4v) is 2.48. The summed E-state index contributed by atoms with van der Waals surface area (Å²) in [7, 11) is 0. The Morgan fingerprint density at radius 1 is 1.12 bits per heavy atom. The first kappa shape index (κ1) is 19.8. The van der Waals surface area contributed by atoms with E-state index in [1.165, 1.54) is 0 Å². The summed E-state index contributed by atoms with van der Waals surface area (Å²) < 4.78 is 10.7. The smallest absolute Gasteiger partial charge is 0.338 e. The highest BCUT2D eigenvalue weighted by Gasteiger charge is 2.19. The van der Waals surface area contributed by atoms with Crippen molar-refractivity contribution in [3.05, 3.63) is 58.6 Å². The third kappa shape index (κ3) is 5.23. The standard InChI is InChI=1S/C20H22ClNO4/c1-4-18(26-16-9-7-15(21)8-10-16)19(23)22-17-11-6-14(12-13(17)3)20(24)25-5-2/h6-12,18H,4-5H2,1-3H3,(H,22,23)/t18-/m0/s1. The molecule has 0 fully saturated rings. The largest absolute Gasteiger partial charge is 0.481 e. The van der Waals surface area contributed by atoms with E-state index in [9.17, 15) is 9.59 Å². The molecule has 0 unspecified atom stereocenters. The fraction of sp³-hybridized carbons (Fsp3) is 0.300. The van der Waals surface area contributed by atoms with Crippen molar-refractivity contribution in [3.8, 4) is 5.75 Å². The zero-order chi connectivity index (χ0) is 19.1. The Balaban J connectivity index is 2.07. The third-order valence-corrected chi connectivity index (χ3v) is 4.00. The van der Waals surface area contributed by atoms with E-state index in [1.807, 2.05) is 13.8 Å². The molecule has 0 bridgehead atoms. The van der Waals surface area contributed by atoms with Crippen LogP contribution >= 0.6 is 11.6 Å². The first-order valence-electron chi connectivity index (χ1n) is 8.45. The molecule has 138 valence electrons. The highest BCUT2D eigenvalue weighted by Crippen LogP contribution is 2.20. The number of rotatable bonds is 7. The van der Waals surface area contributed by atoms with Gasteiger partial charge in [-0.1, -0.05) is 18.5 Å². The first-order valence-corrected chi connectivity index (χ1v) is 8.83. The van der Waals surface area contributed by atoms with Crippen molar-refractivity contribution in [1.29, 1.82) is 0 Å². The molecule has 1 amide bonds. The Bertz CT molecular complexity index is 774. The van der Waals surface area contributed by atoms with Crippen molar-refractivity contribution in [1.82, 2.24) is 0 Å². The summed E-state index contributed by atoms with van der Waals surface area (Å²) in [6.45, 7) is 5.76. The van der Waals surface area contributed by atoms with E-state index in [0.29, 0.717) is 35.1 Å². The van der Waals surface area contributed by atoms with Gasteiger partial charge in [0.2, 0.25) is 0 Å². The van der Waals surface area contributed by atoms with Gasteiger partial charge in [0.05, 0.1) is 12.2 Å². The first-order chi connectivity index (χ1) is 12.4. The minimum Gasteiger partial charge on any atom is -0.481 e. The van der Waals surface area contributed by atoms with Crippen molar-refractivity contribution >= 4 is 29.2 Å². The van der Waals surface area contributed by atoms with Gasteiger partial charge in [0.15, 0.2) is 6.10 Å². The van der Waals surface area contributed by atoms with Gasteiger partial charge < -0.3 is 14.8 Å². The fourth-order valence-electron chi connectivity index (χ4n) is 2.36. The van der Waals surface area contributed by atoms with E-state index in [1.54, 1.807) is 49.4 Å². The quantitative estimate of drug-likeness (QED) is 0.717. The Kier molecular flexibility index (Phi) is 7.04. The second-order valence-electron chi connectivity index (χ2n) is 5.71. The number of esters is 1. The van der Waals surface area contributed by atoms with Crippen LogP contribution in [0.25, 0.3) is 0 Å². The molecular weight excluding hydrogens is 354 g/mol. The van der Waals surface area contributed by atoms with Crippen LogP contribution in [0, 0.1) is 6.92 Å². The number of carbonyl (C=O) groups excluding carboxylic acids is 2. The molecule has 0 spiro atoms.